The average molecular weight is 202 g/mol. The first-order valence-corrected chi connectivity index (χ1v) is 2.82. The first-order chi connectivity index (χ1) is 2.27. The van der Waals surface area contributed by atoms with Gasteiger partial charge in [0.05, 0.1) is 0 Å². The molecule has 5 heavy (non-hydrogen) atoms. The molecule has 0 aliphatic carbocycles. The van der Waals surface area contributed by atoms with Crippen LogP contribution >= 0.6 is 34.2 Å². The van der Waals surface area contributed by atoms with Crippen LogP contribution in [-0.2, 0) is 0 Å². The third-order valence-corrected chi connectivity index (χ3v) is 1.56. The molecule has 0 aromatic heterocycles. The fraction of sp³-hybridized carbons (Fsp3) is 0.333. The molecule has 0 aromatic carbocycles. The monoisotopic (exact) mass is 202 g/mol. The Balaban J connectivity index is 3.14. The maximum Gasteiger partial charge on any atom is 0.0210 e. The molecule has 0 saturated carbocycles. The molecule has 0 rings (SSSR count). The molecule has 30 valence electrons. The van der Waals surface area contributed by atoms with Gasteiger partial charge in [0.1, 0.15) is 0 Å². The summed E-state index contributed by atoms with van der Waals surface area (Å²) in [5, 5.41) is 0.839. The number of allylic oxidation sites excluding steroid dienone is 1. The lowest BCUT2D eigenvalue weighted by atomic mass is 10.8. The normalized spacial score (nSPS) is 12.2. The summed E-state index contributed by atoms with van der Waals surface area (Å²) in [5.41, 5.74) is 0. The van der Waals surface area contributed by atoms with E-state index in [0.29, 0.717) is 0 Å². The summed E-state index contributed by atoms with van der Waals surface area (Å²) in [6, 6.07) is 0. The third-order valence-electron chi connectivity index (χ3n) is 0.150. The van der Waals surface area contributed by atoms with Crippen LogP contribution in [-0.4, -0.2) is 0 Å². The molecule has 0 atom stereocenters. The van der Waals surface area contributed by atoms with E-state index in [1.165, 1.54) is 0 Å². The van der Waals surface area contributed by atoms with Crippen LogP contribution in [0, 0.1) is 0 Å². The maximum atomic E-state index is 5.32. The molecule has 0 bridgehead atoms. The molecule has 0 aliphatic rings. The summed E-state index contributed by atoms with van der Waals surface area (Å²) >= 11 is 7.40. The highest BCUT2D eigenvalue weighted by Crippen LogP contribution is 2.00. The lowest BCUT2D eigenvalue weighted by Crippen LogP contribution is -1.41. The van der Waals surface area contributed by atoms with Crippen molar-refractivity contribution in [3.05, 3.63) is 9.12 Å². The second-order valence-electron chi connectivity index (χ2n) is 0.696. The van der Waals surface area contributed by atoms with Gasteiger partial charge in [0.25, 0.3) is 0 Å². The minimum Gasteiger partial charge on any atom is -0.0890 e. The largest absolute Gasteiger partial charge is 0.0890 e. The highest BCUT2D eigenvalue weighted by atomic mass is 127. The number of rotatable bonds is 0. The summed E-state index contributed by atoms with van der Waals surface area (Å²) in [5.74, 6) is 0. The van der Waals surface area contributed by atoms with Crippen LogP contribution < -0.4 is 0 Å². The molecule has 0 spiro atoms. The topological polar surface area (TPSA) is 0 Å². The second kappa shape index (κ2) is 2.97. The predicted octanol–water partition coefficient (Wildman–Crippen LogP) is 2.52. The summed E-state index contributed by atoms with van der Waals surface area (Å²) < 4.78 is 1.82. The van der Waals surface area contributed by atoms with Gasteiger partial charge in [-0.05, 0) is 11.0 Å². The minimum atomic E-state index is 0.839. The Hall–Kier alpha value is 0.760. The van der Waals surface area contributed by atoms with Gasteiger partial charge in [-0.15, -0.1) is 0 Å². The summed E-state index contributed by atoms with van der Waals surface area (Å²) in [6.07, 6.45) is 0. The zero-order valence-corrected chi connectivity index (χ0v) is 5.75. The van der Waals surface area contributed by atoms with E-state index in [4.69, 9.17) is 11.6 Å². The third kappa shape index (κ3) is 4.76. The second-order valence-corrected chi connectivity index (χ2v) is 1.91. The first-order valence-electron chi connectivity index (χ1n) is 1.20. The molecule has 0 heterocycles. The fourth-order valence-electron chi connectivity index (χ4n) is 0. The molecule has 0 amide bonds. The molecule has 0 saturated heterocycles. The van der Waals surface area contributed by atoms with E-state index < -0.39 is 0 Å². The molecule has 0 fully saturated rings. The van der Waals surface area contributed by atoms with Crippen molar-refractivity contribution in [3.63, 3.8) is 0 Å². The summed E-state index contributed by atoms with van der Waals surface area (Å²) in [6.45, 7) is 1.84. The van der Waals surface area contributed by atoms with E-state index >= 15 is 0 Å². The van der Waals surface area contributed by atoms with E-state index in [2.05, 4.69) is 22.6 Å². The van der Waals surface area contributed by atoms with Gasteiger partial charge in [0.15, 0.2) is 0 Å². The van der Waals surface area contributed by atoms with Gasteiger partial charge >= 0.3 is 0 Å². The molecule has 0 aromatic rings. The van der Waals surface area contributed by atoms with Gasteiger partial charge in [0.2, 0.25) is 0 Å². The summed E-state index contributed by atoms with van der Waals surface area (Å²) in [4.78, 5) is 0. The van der Waals surface area contributed by atoms with Crippen LogP contribution in [0.3, 0.4) is 0 Å². The Morgan fingerprint density at radius 2 is 2.20 bits per heavy atom. The Bertz CT molecular complexity index is 44.9. The van der Waals surface area contributed by atoms with Crippen LogP contribution in [0.15, 0.2) is 9.12 Å². The number of hydrogen-bond donors (Lipinski definition) is 0. The molecule has 0 N–H and O–H groups in total. The average Bonchev–Trinajstić information content (AvgIpc) is 1.38. The molecule has 0 radical (unpaired) electrons. The van der Waals surface area contributed by atoms with Gasteiger partial charge in [0, 0.05) is 5.03 Å². The Labute approximate surface area is 50.3 Å². The maximum absolute atomic E-state index is 5.32. The lowest BCUT2D eigenvalue weighted by molar-refractivity contribution is 1.71. The lowest BCUT2D eigenvalue weighted by Gasteiger charge is -1.68. The van der Waals surface area contributed by atoms with Crippen LogP contribution in [0.25, 0.3) is 0 Å². The summed E-state index contributed by atoms with van der Waals surface area (Å²) in [7, 11) is 0. The van der Waals surface area contributed by atoms with Crippen molar-refractivity contribution in [1.82, 2.24) is 0 Å². The Morgan fingerprint density at radius 3 is 2.20 bits per heavy atom. The Kier molecular flexibility index (Phi) is 3.42. The van der Waals surface area contributed by atoms with Crippen molar-refractivity contribution >= 4 is 34.2 Å². The highest BCUT2D eigenvalue weighted by Gasteiger charge is 1.66. The van der Waals surface area contributed by atoms with Gasteiger partial charge in [-0.2, -0.15) is 0 Å². The number of hydrogen-bond acceptors (Lipinski definition) is 0. The van der Waals surface area contributed by atoms with Crippen molar-refractivity contribution in [2.75, 3.05) is 0 Å². The molecule has 0 unspecified atom stereocenters. The minimum absolute atomic E-state index is 0.839. The van der Waals surface area contributed by atoms with Crippen LogP contribution in [0.4, 0.5) is 0 Å². The van der Waals surface area contributed by atoms with E-state index in [-0.39, 0.29) is 0 Å². The smallest absolute Gasteiger partial charge is 0.0210 e. The van der Waals surface area contributed by atoms with E-state index in [9.17, 15) is 0 Å². The van der Waals surface area contributed by atoms with Crippen LogP contribution in [0.2, 0.25) is 0 Å². The Morgan fingerprint density at radius 1 is 2.00 bits per heavy atom. The molecule has 2 heteroatoms. The highest BCUT2D eigenvalue weighted by molar-refractivity contribution is 14.1. The molecule has 0 nitrogen and oxygen atoms in total. The SMILES string of the molecule is C/C(Cl)=C/I. The van der Waals surface area contributed by atoms with E-state index in [1.807, 2.05) is 11.0 Å². The van der Waals surface area contributed by atoms with E-state index in [1.54, 1.807) is 0 Å². The van der Waals surface area contributed by atoms with Gasteiger partial charge in [-0.1, -0.05) is 34.2 Å². The zero-order chi connectivity index (χ0) is 4.28. The van der Waals surface area contributed by atoms with Gasteiger partial charge in [-0.3, -0.25) is 0 Å². The molecule has 0 aliphatic heterocycles. The molecular weight excluding hydrogens is 198 g/mol. The fourth-order valence-corrected chi connectivity index (χ4v) is 0. The van der Waals surface area contributed by atoms with Crippen molar-refractivity contribution in [3.8, 4) is 0 Å². The van der Waals surface area contributed by atoms with Crippen molar-refractivity contribution in [2.45, 2.75) is 6.92 Å². The number of halogens is 2. The predicted molar refractivity (Wildman–Crippen MR) is 33.6 cm³/mol. The zero-order valence-electron chi connectivity index (χ0n) is 2.83. The van der Waals surface area contributed by atoms with Crippen molar-refractivity contribution < 1.29 is 0 Å². The van der Waals surface area contributed by atoms with Gasteiger partial charge in [-0.25, -0.2) is 0 Å². The standard InChI is InChI=1S/C3H4ClI/c1-3(4)2-5/h2H,1H3/b3-2-. The van der Waals surface area contributed by atoms with Crippen molar-refractivity contribution in [1.29, 1.82) is 0 Å². The van der Waals surface area contributed by atoms with Crippen LogP contribution in [0.5, 0.6) is 0 Å². The van der Waals surface area contributed by atoms with Gasteiger partial charge < -0.3 is 0 Å². The first kappa shape index (κ1) is 5.76. The van der Waals surface area contributed by atoms with Crippen LogP contribution in [0.1, 0.15) is 6.92 Å². The van der Waals surface area contributed by atoms with E-state index in [0.717, 1.165) is 5.03 Å². The molecular formula is C3H4ClI. The van der Waals surface area contributed by atoms with Crippen molar-refractivity contribution in [2.24, 2.45) is 0 Å². The quantitative estimate of drug-likeness (QED) is 0.530.